The van der Waals surface area contributed by atoms with E-state index < -0.39 is 0 Å². The van der Waals surface area contributed by atoms with Gasteiger partial charge in [-0.2, -0.15) is 5.01 Å². The first-order chi connectivity index (χ1) is 8.15. The predicted octanol–water partition coefficient (Wildman–Crippen LogP) is 3.90. The third kappa shape index (κ3) is 2.33. The Morgan fingerprint density at radius 3 is 2.59 bits per heavy atom. The van der Waals surface area contributed by atoms with Gasteiger partial charge in [-0.1, -0.05) is 37.6 Å². The minimum absolute atomic E-state index is 0.273. The molecule has 0 amide bonds. The molecule has 0 aromatic heterocycles. The summed E-state index contributed by atoms with van der Waals surface area (Å²) in [6.45, 7) is 4.35. The summed E-state index contributed by atoms with van der Waals surface area (Å²) in [5.74, 6) is 0. The van der Waals surface area contributed by atoms with Crippen LogP contribution in [0.25, 0.3) is 0 Å². The number of likely N-dealkylation sites (N-methyl/N-ethyl adjacent to an activating group) is 1. The molecule has 0 N–H and O–H groups in total. The van der Waals surface area contributed by atoms with Crippen molar-refractivity contribution >= 4 is 11.8 Å². The molecule has 0 radical (unpaired) electrons. The number of hydrogen-bond donors (Lipinski definition) is 0. The second-order valence-corrected chi connectivity index (χ2v) is 4.93. The summed E-state index contributed by atoms with van der Waals surface area (Å²) < 4.78 is 1.64. The Hall–Kier alpha value is -0.990. The van der Waals surface area contributed by atoms with Crippen molar-refractivity contribution in [3.8, 4) is 0 Å². The molecule has 1 aliphatic rings. The molecule has 1 aliphatic heterocycles. The Morgan fingerprint density at radius 1 is 1.29 bits per heavy atom. The monoisotopic (exact) mass is 250 g/mol. The fourth-order valence-corrected chi connectivity index (χ4v) is 2.72. The summed E-state index contributed by atoms with van der Waals surface area (Å²) >= 11 is 6.11. The van der Waals surface area contributed by atoms with Crippen LogP contribution in [0.15, 0.2) is 36.0 Å². The number of hydrogen-bond acceptors (Lipinski definition) is 2. The maximum absolute atomic E-state index is 6.11. The zero-order chi connectivity index (χ0) is 12.4. The molecule has 2 nitrogen and oxygen atoms in total. The van der Waals surface area contributed by atoms with Crippen molar-refractivity contribution in [2.45, 2.75) is 32.7 Å². The third-order valence-corrected chi connectivity index (χ3v) is 3.62. The Labute approximate surface area is 109 Å². The molecule has 1 heterocycles. The zero-order valence-electron chi connectivity index (χ0n) is 10.7. The molecule has 1 aromatic carbocycles. The summed E-state index contributed by atoms with van der Waals surface area (Å²) in [5, 5.41) is 2.06. The smallest absolute Gasteiger partial charge is 0.0781 e. The first kappa shape index (κ1) is 12.5. The summed E-state index contributed by atoms with van der Waals surface area (Å²) in [4.78, 5) is 0. The van der Waals surface area contributed by atoms with Crippen LogP contribution in [0.4, 0.5) is 0 Å². The number of aryl methyl sites for hydroxylation is 1. The van der Waals surface area contributed by atoms with Crippen LogP contribution in [0.1, 0.15) is 37.4 Å². The highest BCUT2D eigenvalue weighted by Crippen LogP contribution is 2.36. The van der Waals surface area contributed by atoms with Gasteiger partial charge in [0.1, 0.15) is 0 Å². The second kappa shape index (κ2) is 5.11. The normalized spacial score (nSPS) is 20.8. The highest BCUT2D eigenvalue weighted by atomic mass is 35.5. The zero-order valence-corrected chi connectivity index (χ0v) is 11.4. The van der Waals surface area contributed by atoms with Crippen LogP contribution in [-0.2, 0) is 6.42 Å². The molecular weight excluding hydrogens is 232 g/mol. The van der Waals surface area contributed by atoms with Crippen LogP contribution < -0.4 is 0 Å². The number of nitrogens with zero attached hydrogens (tertiary/aromatic N) is 2. The average molecular weight is 251 g/mol. The first-order valence-electron chi connectivity index (χ1n) is 6.09. The lowest BCUT2D eigenvalue weighted by atomic mass is 9.94. The van der Waals surface area contributed by atoms with E-state index in [2.05, 4.69) is 43.1 Å². The lowest BCUT2D eigenvalue weighted by Gasteiger charge is -2.27. The van der Waals surface area contributed by atoms with E-state index in [0.717, 1.165) is 6.42 Å². The highest BCUT2D eigenvalue weighted by molar-refractivity contribution is 6.13. The van der Waals surface area contributed by atoms with Crippen molar-refractivity contribution in [3.63, 3.8) is 0 Å². The molecule has 0 saturated carbocycles. The average Bonchev–Trinajstić information content (AvgIpc) is 2.55. The van der Waals surface area contributed by atoms with E-state index >= 15 is 0 Å². The van der Waals surface area contributed by atoms with Gasteiger partial charge in [0, 0.05) is 25.0 Å². The number of rotatable bonds is 3. The Kier molecular flexibility index (Phi) is 3.75. The van der Waals surface area contributed by atoms with Gasteiger partial charge in [-0.25, -0.2) is 4.53 Å². The number of hydrazine groups is 1. The second-order valence-electron chi connectivity index (χ2n) is 4.59. The van der Waals surface area contributed by atoms with Gasteiger partial charge in [0.25, 0.3) is 0 Å². The fraction of sp³-hybridized carbons (Fsp3) is 0.429. The van der Waals surface area contributed by atoms with E-state index in [-0.39, 0.29) is 6.04 Å². The van der Waals surface area contributed by atoms with Crippen molar-refractivity contribution < 1.29 is 0 Å². The van der Waals surface area contributed by atoms with E-state index in [0.29, 0.717) is 0 Å². The van der Waals surface area contributed by atoms with E-state index in [9.17, 15) is 0 Å². The van der Waals surface area contributed by atoms with Gasteiger partial charge in [-0.05, 0) is 30.0 Å². The predicted molar refractivity (Wildman–Crippen MR) is 72.4 cm³/mol. The van der Waals surface area contributed by atoms with Crippen molar-refractivity contribution in [1.82, 2.24) is 9.54 Å². The van der Waals surface area contributed by atoms with Gasteiger partial charge >= 0.3 is 0 Å². The largest absolute Gasteiger partial charge is 0.222 e. The molecule has 2 rings (SSSR count). The maximum Gasteiger partial charge on any atom is 0.0781 e. The molecule has 0 saturated heterocycles. The lowest BCUT2D eigenvalue weighted by Crippen LogP contribution is -2.27. The van der Waals surface area contributed by atoms with Gasteiger partial charge in [-0.3, -0.25) is 0 Å². The molecule has 3 heteroatoms. The Balaban J connectivity index is 2.37. The summed E-state index contributed by atoms with van der Waals surface area (Å²) in [6.07, 6.45) is 4.27. The van der Waals surface area contributed by atoms with Gasteiger partial charge in [0.2, 0.25) is 0 Å². The quantitative estimate of drug-likeness (QED) is 0.751. The van der Waals surface area contributed by atoms with Crippen LogP contribution in [0, 0.1) is 0 Å². The SMILES string of the molecule is CCCc1ccccc1C1C(C)=CN(Cl)N1C. The van der Waals surface area contributed by atoms with Crippen molar-refractivity contribution in [2.24, 2.45) is 0 Å². The standard InChI is InChI=1S/C14H19ClN2/c1-4-7-12-8-5-6-9-13(12)14-11(2)10-17(15)16(14)3/h5-6,8-10,14H,4,7H2,1-3H3. The fourth-order valence-electron chi connectivity index (χ4n) is 2.48. The van der Waals surface area contributed by atoms with E-state index in [1.54, 1.807) is 4.53 Å². The molecule has 1 aromatic rings. The Bertz CT molecular complexity index is 428. The molecule has 1 unspecified atom stereocenters. The van der Waals surface area contributed by atoms with Crippen LogP contribution in [-0.4, -0.2) is 16.6 Å². The maximum atomic E-state index is 6.11. The van der Waals surface area contributed by atoms with Crippen molar-refractivity contribution in [1.29, 1.82) is 0 Å². The van der Waals surface area contributed by atoms with Crippen molar-refractivity contribution in [3.05, 3.63) is 47.2 Å². The summed E-state index contributed by atoms with van der Waals surface area (Å²) in [6, 6.07) is 8.92. The molecule has 0 spiro atoms. The van der Waals surface area contributed by atoms with Gasteiger partial charge in [-0.15, -0.1) is 0 Å². The molecule has 17 heavy (non-hydrogen) atoms. The van der Waals surface area contributed by atoms with Crippen LogP contribution in [0.5, 0.6) is 0 Å². The van der Waals surface area contributed by atoms with Crippen LogP contribution >= 0.6 is 11.8 Å². The summed E-state index contributed by atoms with van der Waals surface area (Å²) in [7, 11) is 2.02. The first-order valence-corrected chi connectivity index (χ1v) is 6.42. The Morgan fingerprint density at radius 2 is 2.00 bits per heavy atom. The number of halogens is 1. The highest BCUT2D eigenvalue weighted by Gasteiger charge is 2.29. The number of benzene rings is 1. The van der Waals surface area contributed by atoms with E-state index in [1.165, 1.54) is 23.1 Å². The third-order valence-electron chi connectivity index (χ3n) is 3.29. The summed E-state index contributed by atoms with van der Waals surface area (Å²) in [5.41, 5.74) is 4.08. The van der Waals surface area contributed by atoms with Gasteiger partial charge in [0.15, 0.2) is 0 Å². The van der Waals surface area contributed by atoms with Crippen LogP contribution in [0.3, 0.4) is 0 Å². The molecule has 0 aliphatic carbocycles. The van der Waals surface area contributed by atoms with E-state index in [4.69, 9.17) is 11.8 Å². The molecule has 92 valence electrons. The molecule has 1 atom stereocenters. The molecular formula is C14H19ClN2. The minimum Gasteiger partial charge on any atom is -0.222 e. The molecule has 0 fully saturated rings. The van der Waals surface area contributed by atoms with Crippen molar-refractivity contribution in [2.75, 3.05) is 7.05 Å². The van der Waals surface area contributed by atoms with Crippen LogP contribution in [0.2, 0.25) is 0 Å². The topological polar surface area (TPSA) is 6.48 Å². The lowest BCUT2D eigenvalue weighted by molar-refractivity contribution is 0.133. The van der Waals surface area contributed by atoms with Gasteiger partial charge in [0.05, 0.1) is 6.04 Å². The van der Waals surface area contributed by atoms with E-state index in [1.807, 2.05) is 13.2 Å². The molecule has 0 bridgehead atoms. The van der Waals surface area contributed by atoms with Gasteiger partial charge < -0.3 is 0 Å². The minimum atomic E-state index is 0.273.